The van der Waals surface area contributed by atoms with Gasteiger partial charge in [0.25, 0.3) is 0 Å². The van der Waals surface area contributed by atoms with Gasteiger partial charge < -0.3 is 5.32 Å². The van der Waals surface area contributed by atoms with Crippen molar-refractivity contribution in [2.45, 2.75) is 75.5 Å². The number of carbonyl (C=O) groups excluding carboxylic acids is 1. The molecule has 0 aromatic carbocycles. The number of carbonyl (C=O) groups is 1. The van der Waals surface area contributed by atoms with E-state index in [2.05, 4.69) is 17.9 Å². The predicted octanol–water partition coefficient (Wildman–Crippen LogP) is 3.56. The molecule has 0 radical (unpaired) electrons. The van der Waals surface area contributed by atoms with E-state index >= 15 is 0 Å². The van der Waals surface area contributed by atoms with Crippen molar-refractivity contribution in [1.82, 2.24) is 5.32 Å². The number of hydrogen-bond donors (Lipinski definition) is 2. The molecule has 0 aromatic heterocycles. The monoisotopic (exact) mass is 293 g/mol. The van der Waals surface area contributed by atoms with Crippen LogP contribution in [0.25, 0.3) is 0 Å². The Morgan fingerprint density at radius 3 is 1.90 bits per heavy atom. The maximum Gasteiger partial charge on any atom is 0.226 e. The van der Waals surface area contributed by atoms with Crippen LogP contribution in [0.3, 0.4) is 0 Å². The van der Waals surface area contributed by atoms with Crippen LogP contribution in [0.2, 0.25) is 0 Å². The molecule has 0 saturated heterocycles. The molecule has 1 amide bonds. The molecule has 5 aliphatic rings. The summed E-state index contributed by atoms with van der Waals surface area (Å²) in [5, 5.41) is 3.98. The summed E-state index contributed by atoms with van der Waals surface area (Å²) in [5.74, 6) is 3.00. The van der Waals surface area contributed by atoms with Gasteiger partial charge in [0.1, 0.15) is 0 Å². The Hall–Kier alpha value is -0.180. The molecule has 3 heteroatoms. The lowest BCUT2D eigenvalue weighted by Crippen LogP contribution is -2.55. The highest BCUT2D eigenvalue weighted by Gasteiger charge is 2.54. The van der Waals surface area contributed by atoms with E-state index in [-0.39, 0.29) is 5.41 Å². The third-order valence-corrected chi connectivity index (χ3v) is 7.07. The van der Waals surface area contributed by atoms with E-state index in [1.54, 1.807) is 0 Å². The quantitative estimate of drug-likeness (QED) is 0.749. The molecule has 5 aliphatic carbocycles. The van der Waals surface area contributed by atoms with Gasteiger partial charge in [0.15, 0.2) is 0 Å². The summed E-state index contributed by atoms with van der Waals surface area (Å²) in [7, 11) is 0. The SMILES string of the molecule is O=C(NC1CCC(S)CC1)C12CC3CC(CC(C3)C1)C2. The van der Waals surface area contributed by atoms with Gasteiger partial charge in [-0.1, -0.05) is 0 Å². The minimum Gasteiger partial charge on any atom is -0.353 e. The van der Waals surface area contributed by atoms with Crippen LogP contribution in [0.1, 0.15) is 64.2 Å². The van der Waals surface area contributed by atoms with Crippen LogP contribution in [0, 0.1) is 23.2 Å². The predicted molar refractivity (Wildman–Crippen MR) is 83.8 cm³/mol. The van der Waals surface area contributed by atoms with Crippen LogP contribution in [-0.4, -0.2) is 17.2 Å². The van der Waals surface area contributed by atoms with E-state index in [0.29, 0.717) is 17.2 Å². The van der Waals surface area contributed by atoms with Gasteiger partial charge >= 0.3 is 0 Å². The second-order valence-electron chi connectivity index (χ2n) is 8.18. The lowest BCUT2D eigenvalue weighted by atomic mass is 9.49. The maximum atomic E-state index is 12.9. The number of nitrogens with one attached hydrogen (secondary N) is 1. The van der Waals surface area contributed by atoms with E-state index in [4.69, 9.17) is 0 Å². The highest BCUT2D eigenvalue weighted by atomic mass is 32.1. The van der Waals surface area contributed by atoms with Gasteiger partial charge in [-0.2, -0.15) is 12.6 Å². The lowest BCUT2D eigenvalue weighted by Gasteiger charge is -2.56. The zero-order chi connectivity index (χ0) is 13.7. The van der Waals surface area contributed by atoms with Gasteiger partial charge in [-0.15, -0.1) is 0 Å². The molecule has 5 saturated carbocycles. The molecule has 112 valence electrons. The van der Waals surface area contributed by atoms with Gasteiger partial charge in [0, 0.05) is 16.7 Å². The van der Waals surface area contributed by atoms with E-state index in [1.807, 2.05) is 0 Å². The summed E-state index contributed by atoms with van der Waals surface area (Å²) < 4.78 is 0. The Kier molecular flexibility index (Phi) is 3.32. The average molecular weight is 293 g/mol. The molecule has 20 heavy (non-hydrogen) atoms. The van der Waals surface area contributed by atoms with Crippen molar-refractivity contribution in [1.29, 1.82) is 0 Å². The Morgan fingerprint density at radius 2 is 1.40 bits per heavy atom. The first kappa shape index (κ1) is 13.5. The van der Waals surface area contributed by atoms with Crippen molar-refractivity contribution in [3.05, 3.63) is 0 Å². The lowest BCUT2D eigenvalue weighted by molar-refractivity contribution is -0.147. The minimum atomic E-state index is 0.0343. The largest absolute Gasteiger partial charge is 0.353 e. The van der Waals surface area contributed by atoms with Gasteiger partial charge in [-0.05, 0) is 82.0 Å². The van der Waals surface area contributed by atoms with Crippen molar-refractivity contribution in [2.24, 2.45) is 23.2 Å². The first-order valence-electron chi connectivity index (χ1n) is 8.62. The number of rotatable bonds is 2. The van der Waals surface area contributed by atoms with Crippen LogP contribution in [0.4, 0.5) is 0 Å². The van der Waals surface area contributed by atoms with E-state index < -0.39 is 0 Å². The second-order valence-corrected chi connectivity index (χ2v) is 8.91. The molecule has 5 fully saturated rings. The van der Waals surface area contributed by atoms with Crippen molar-refractivity contribution >= 4 is 18.5 Å². The minimum absolute atomic E-state index is 0.0343. The molecule has 0 unspecified atom stereocenters. The van der Waals surface area contributed by atoms with E-state index in [9.17, 15) is 4.79 Å². The van der Waals surface area contributed by atoms with Crippen LogP contribution < -0.4 is 5.32 Å². The zero-order valence-electron chi connectivity index (χ0n) is 12.3. The zero-order valence-corrected chi connectivity index (χ0v) is 13.2. The molecule has 0 aromatic rings. The van der Waals surface area contributed by atoms with Crippen LogP contribution in [0.5, 0.6) is 0 Å². The van der Waals surface area contributed by atoms with Crippen LogP contribution in [0.15, 0.2) is 0 Å². The first-order chi connectivity index (χ1) is 9.63. The fraction of sp³-hybridized carbons (Fsp3) is 0.941. The summed E-state index contributed by atoms with van der Waals surface area (Å²) >= 11 is 4.55. The summed E-state index contributed by atoms with van der Waals surface area (Å²) in [6, 6.07) is 0.430. The Bertz CT molecular complexity index is 365. The standard InChI is InChI=1S/C17H27NOS/c19-16(18-14-1-3-15(20)4-2-14)17-8-11-5-12(9-17)7-13(6-11)10-17/h11-15,20H,1-10H2,(H,18,19). The van der Waals surface area contributed by atoms with Crippen molar-refractivity contribution in [3.8, 4) is 0 Å². The molecular weight excluding hydrogens is 266 g/mol. The molecule has 0 aliphatic heterocycles. The van der Waals surface area contributed by atoms with Gasteiger partial charge in [0.2, 0.25) is 5.91 Å². The van der Waals surface area contributed by atoms with Crippen LogP contribution in [-0.2, 0) is 4.79 Å². The third kappa shape index (κ3) is 2.30. The fourth-order valence-corrected chi connectivity index (χ4v) is 6.25. The van der Waals surface area contributed by atoms with Crippen molar-refractivity contribution in [2.75, 3.05) is 0 Å². The molecule has 4 bridgehead atoms. The topological polar surface area (TPSA) is 29.1 Å². The molecule has 1 N–H and O–H groups in total. The molecular formula is C17H27NOS. The number of thiol groups is 1. The number of amides is 1. The Labute approximate surface area is 127 Å². The van der Waals surface area contributed by atoms with E-state index in [0.717, 1.165) is 43.4 Å². The molecule has 2 nitrogen and oxygen atoms in total. The summed E-state index contributed by atoms with van der Waals surface area (Å²) in [5.41, 5.74) is 0.0343. The number of hydrogen-bond acceptors (Lipinski definition) is 2. The summed E-state index contributed by atoms with van der Waals surface area (Å²) in [6.07, 6.45) is 12.4. The summed E-state index contributed by atoms with van der Waals surface area (Å²) in [4.78, 5) is 12.9. The fourth-order valence-electron chi connectivity index (χ4n) is 5.95. The van der Waals surface area contributed by atoms with Crippen molar-refractivity contribution < 1.29 is 4.79 Å². The molecule has 0 heterocycles. The average Bonchev–Trinajstić information content (AvgIpc) is 2.40. The summed E-state index contributed by atoms with van der Waals surface area (Å²) in [6.45, 7) is 0. The van der Waals surface area contributed by atoms with Gasteiger partial charge in [-0.25, -0.2) is 0 Å². The maximum absolute atomic E-state index is 12.9. The van der Waals surface area contributed by atoms with Crippen molar-refractivity contribution in [3.63, 3.8) is 0 Å². The third-order valence-electron chi connectivity index (χ3n) is 6.55. The highest BCUT2D eigenvalue weighted by Crippen LogP contribution is 2.60. The second kappa shape index (κ2) is 4.93. The smallest absolute Gasteiger partial charge is 0.226 e. The molecule has 0 atom stereocenters. The Balaban J connectivity index is 1.43. The van der Waals surface area contributed by atoms with Crippen LogP contribution >= 0.6 is 12.6 Å². The van der Waals surface area contributed by atoms with Gasteiger partial charge in [-0.3, -0.25) is 4.79 Å². The highest BCUT2D eigenvalue weighted by molar-refractivity contribution is 7.80. The molecule has 5 rings (SSSR count). The molecule has 0 spiro atoms. The van der Waals surface area contributed by atoms with Gasteiger partial charge in [0.05, 0.1) is 0 Å². The first-order valence-corrected chi connectivity index (χ1v) is 9.14. The normalized spacial score (nSPS) is 50.1. The van der Waals surface area contributed by atoms with E-state index in [1.165, 1.54) is 38.5 Å². The Morgan fingerprint density at radius 1 is 0.900 bits per heavy atom.